The molecule has 0 fully saturated rings. The summed E-state index contributed by atoms with van der Waals surface area (Å²) in [5.41, 5.74) is 4.12. The van der Waals surface area contributed by atoms with Gasteiger partial charge in [-0.05, 0) is 36.4 Å². The van der Waals surface area contributed by atoms with Crippen molar-refractivity contribution in [2.45, 2.75) is 0 Å². The molecule has 6 heteroatoms. The van der Waals surface area contributed by atoms with Gasteiger partial charge in [0.05, 0.1) is 12.7 Å². The molecule has 4 N–H and O–H groups in total. The highest BCUT2D eigenvalue weighted by Crippen LogP contribution is 2.26. The van der Waals surface area contributed by atoms with Crippen LogP contribution in [0.15, 0.2) is 42.5 Å². The molecular formula is C14H14ClN3O2. The number of hydrogen-bond donors (Lipinski definition) is 3. The second-order valence-electron chi connectivity index (χ2n) is 4.02. The van der Waals surface area contributed by atoms with Gasteiger partial charge in [0.25, 0.3) is 5.91 Å². The Labute approximate surface area is 121 Å². The average Bonchev–Trinajstić information content (AvgIpc) is 2.48. The van der Waals surface area contributed by atoms with E-state index in [9.17, 15) is 4.79 Å². The number of ether oxygens (including phenoxy) is 1. The van der Waals surface area contributed by atoms with Crippen LogP contribution in [0.25, 0.3) is 0 Å². The van der Waals surface area contributed by atoms with E-state index in [1.807, 2.05) is 12.1 Å². The number of nitrogens with two attached hydrogens (primary N) is 1. The maximum absolute atomic E-state index is 11.5. The van der Waals surface area contributed by atoms with Gasteiger partial charge in [-0.3, -0.25) is 10.2 Å². The van der Waals surface area contributed by atoms with Crippen molar-refractivity contribution in [3.8, 4) is 5.75 Å². The average molecular weight is 292 g/mol. The molecule has 0 unspecified atom stereocenters. The van der Waals surface area contributed by atoms with Crippen LogP contribution in [0.1, 0.15) is 10.4 Å². The minimum Gasteiger partial charge on any atom is -0.496 e. The van der Waals surface area contributed by atoms with E-state index in [0.717, 1.165) is 11.4 Å². The Balaban J connectivity index is 2.25. The van der Waals surface area contributed by atoms with Crippen molar-refractivity contribution in [3.05, 3.63) is 53.1 Å². The Morgan fingerprint density at radius 1 is 1.15 bits per heavy atom. The lowest BCUT2D eigenvalue weighted by Crippen LogP contribution is -2.30. The summed E-state index contributed by atoms with van der Waals surface area (Å²) in [5.74, 6) is 5.15. The first-order valence-corrected chi connectivity index (χ1v) is 6.23. The number of methoxy groups -OCH3 is 1. The third-order valence-corrected chi connectivity index (χ3v) is 2.96. The van der Waals surface area contributed by atoms with Gasteiger partial charge in [-0.25, -0.2) is 5.84 Å². The van der Waals surface area contributed by atoms with Gasteiger partial charge in [0.1, 0.15) is 5.75 Å². The summed E-state index contributed by atoms with van der Waals surface area (Å²) in [6, 6.07) is 12.4. The fourth-order valence-electron chi connectivity index (χ4n) is 1.73. The van der Waals surface area contributed by atoms with Gasteiger partial charge >= 0.3 is 0 Å². The van der Waals surface area contributed by atoms with Gasteiger partial charge < -0.3 is 10.1 Å². The normalized spacial score (nSPS) is 9.95. The van der Waals surface area contributed by atoms with Crippen molar-refractivity contribution in [2.75, 3.05) is 12.4 Å². The van der Waals surface area contributed by atoms with E-state index < -0.39 is 5.91 Å². The number of anilines is 2. The monoisotopic (exact) mass is 291 g/mol. The van der Waals surface area contributed by atoms with E-state index in [1.165, 1.54) is 7.11 Å². The summed E-state index contributed by atoms with van der Waals surface area (Å²) < 4.78 is 5.19. The molecule has 0 heterocycles. The molecule has 2 rings (SSSR count). The Bertz CT molecular complexity index is 614. The highest BCUT2D eigenvalue weighted by molar-refractivity contribution is 6.30. The standard InChI is InChI=1S/C14H14ClN3O2/c1-20-13-8-11(6-7-12(13)14(19)18-16)17-10-4-2-9(15)3-5-10/h2-8,17H,16H2,1H3,(H,18,19). The summed E-state index contributed by atoms with van der Waals surface area (Å²) in [6.07, 6.45) is 0. The molecule has 2 aromatic carbocycles. The molecule has 0 aliphatic heterocycles. The molecule has 0 aliphatic carbocycles. The minimum absolute atomic E-state index is 0.372. The van der Waals surface area contributed by atoms with Crippen LogP contribution in [-0.2, 0) is 0 Å². The maximum Gasteiger partial charge on any atom is 0.268 e. The lowest BCUT2D eigenvalue weighted by molar-refractivity contribution is 0.0950. The van der Waals surface area contributed by atoms with Crippen LogP contribution in [0.5, 0.6) is 5.75 Å². The zero-order chi connectivity index (χ0) is 14.5. The van der Waals surface area contributed by atoms with Crippen LogP contribution in [0.4, 0.5) is 11.4 Å². The quantitative estimate of drug-likeness (QED) is 0.460. The van der Waals surface area contributed by atoms with Crippen LogP contribution in [0.2, 0.25) is 5.02 Å². The van der Waals surface area contributed by atoms with Crippen molar-refractivity contribution in [3.63, 3.8) is 0 Å². The zero-order valence-electron chi connectivity index (χ0n) is 10.8. The molecule has 0 saturated carbocycles. The molecule has 0 spiro atoms. The number of amides is 1. The first-order valence-electron chi connectivity index (χ1n) is 5.85. The molecule has 104 valence electrons. The number of hydrogen-bond acceptors (Lipinski definition) is 4. The SMILES string of the molecule is COc1cc(Nc2ccc(Cl)cc2)ccc1C(=O)NN. The predicted molar refractivity (Wildman–Crippen MR) is 79.4 cm³/mol. The van der Waals surface area contributed by atoms with E-state index in [1.54, 1.807) is 30.3 Å². The van der Waals surface area contributed by atoms with Crippen molar-refractivity contribution in [1.82, 2.24) is 5.43 Å². The minimum atomic E-state index is -0.403. The van der Waals surface area contributed by atoms with Gasteiger partial charge in [0, 0.05) is 22.5 Å². The van der Waals surface area contributed by atoms with Crippen molar-refractivity contribution in [1.29, 1.82) is 0 Å². The first-order chi connectivity index (χ1) is 9.63. The molecule has 2 aromatic rings. The topological polar surface area (TPSA) is 76.4 Å². The van der Waals surface area contributed by atoms with Crippen molar-refractivity contribution in [2.24, 2.45) is 5.84 Å². The molecule has 0 aliphatic rings. The summed E-state index contributed by atoms with van der Waals surface area (Å²) >= 11 is 5.83. The van der Waals surface area contributed by atoms with Crippen molar-refractivity contribution < 1.29 is 9.53 Å². The first kappa shape index (κ1) is 14.2. The number of nitrogens with one attached hydrogen (secondary N) is 2. The number of rotatable bonds is 4. The van der Waals surface area contributed by atoms with Crippen LogP contribution in [0.3, 0.4) is 0 Å². The number of hydrazine groups is 1. The van der Waals surface area contributed by atoms with Crippen molar-refractivity contribution >= 4 is 28.9 Å². The fourth-order valence-corrected chi connectivity index (χ4v) is 1.86. The largest absolute Gasteiger partial charge is 0.496 e. The Morgan fingerprint density at radius 2 is 1.80 bits per heavy atom. The Hall–Kier alpha value is -2.24. The number of carbonyl (C=O) groups excluding carboxylic acids is 1. The van der Waals surface area contributed by atoms with E-state index in [0.29, 0.717) is 16.3 Å². The Kier molecular flexibility index (Phi) is 4.45. The summed E-state index contributed by atoms with van der Waals surface area (Å²) in [6.45, 7) is 0. The molecule has 0 radical (unpaired) electrons. The predicted octanol–water partition coefficient (Wildman–Crippen LogP) is 2.70. The number of carbonyl (C=O) groups is 1. The summed E-state index contributed by atoms with van der Waals surface area (Å²) in [5, 5.41) is 3.86. The molecule has 1 amide bonds. The molecular weight excluding hydrogens is 278 g/mol. The fraction of sp³-hybridized carbons (Fsp3) is 0.0714. The van der Waals surface area contributed by atoms with Crippen LogP contribution >= 0.6 is 11.6 Å². The second kappa shape index (κ2) is 6.27. The van der Waals surface area contributed by atoms with E-state index >= 15 is 0 Å². The van der Waals surface area contributed by atoms with Gasteiger partial charge in [-0.2, -0.15) is 0 Å². The lowest BCUT2D eigenvalue weighted by Gasteiger charge is -2.11. The highest BCUT2D eigenvalue weighted by atomic mass is 35.5. The van der Waals surface area contributed by atoms with Gasteiger partial charge in [0.15, 0.2) is 0 Å². The smallest absolute Gasteiger partial charge is 0.268 e. The van der Waals surface area contributed by atoms with Crippen LogP contribution in [0, 0.1) is 0 Å². The van der Waals surface area contributed by atoms with Gasteiger partial charge in [-0.15, -0.1) is 0 Å². The number of nitrogen functional groups attached to an aromatic ring is 1. The summed E-state index contributed by atoms with van der Waals surface area (Å²) in [7, 11) is 1.49. The third-order valence-electron chi connectivity index (χ3n) is 2.71. The zero-order valence-corrected chi connectivity index (χ0v) is 11.6. The maximum atomic E-state index is 11.5. The number of halogens is 1. The molecule has 0 bridgehead atoms. The molecule has 0 saturated heterocycles. The van der Waals surface area contributed by atoms with E-state index in [2.05, 4.69) is 10.7 Å². The molecule has 0 atom stereocenters. The lowest BCUT2D eigenvalue weighted by atomic mass is 10.1. The van der Waals surface area contributed by atoms with Gasteiger partial charge in [0.2, 0.25) is 0 Å². The van der Waals surface area contributed by atoms with E-state index in [4.69, 9.17) is 22.2 Å². The van der Waals surface area contributed by atoms with E-state index in [-0.39, 0.29) is 0 Å². The number of benzene rings is 2. The van der Waals surface area contributed by atoms with Crippen LogP contribution < -0.4 is 21.3 Å². The Morgan fingerprint density at radius 3 is 2.40 bits per heavy atom. The van der Waals surface area contributed by atoms with Gasteiger partial charge in [-0.1, -0.05) is 11.6 Å². The third kappa shape index (κ3) is 3.20. The molecule has 20 heavy (non-hydrogen) atoms. The molecule has 5 nitrogen and oxygen atoms in total. The summed E-state index contributed by atoms with van der Waals surface area (Å²) in [4.78, 5) is 11.5. The molecule has 0 aromatic heterocycles. The highest BCUT2D eigenvalue weighted by Gasteiger charge is 2.11. The van der Waals surface area contributed by atoms with Crippen LogP contribution in [-0.4, -0.2) is 13.0 Å². The second-order valence-corrected chi connectivity index (χ2v) is 4.46.